The Kier molecular flexibility index (Phi) is 3.23. The minimum absolute atomic E-state index is 0.0800. The lowest BCUT2D eigenvalue weighted by atomic mass is 9.94. The van der Waals surface area contributed by atoms with E-state index >= 15 is 0 Å². The number of piperidine rings is 1. The lowest BCUT2D eigenvalue weighted by molar-refractivity contribution is -0.131. The number of rotatable bonds is 1. The van der Waals surface area contributed by atoms with E-state index in [0.717, 1.165) is 25.4 Å². The molecule has 3 nitrogen and oxygen atoms in total. The fourth-order valence-corrected chi connectivity index (χ4v) is 5.03. The molecule has 4 rings (SSSR count). The van der Waals surface area contributed by atoms with Crippen molar-refractivity contribution in [1.82, 2.24) is 10.2 Å². The highest BCUT2D eigenvalue weighted by Crippen LogP contribution is 2.41. The van der Waals surface area contributed by atoms with Crippen LogP contribution in [0, 0.1) is 5.92 Å². The molecule has 1 amide bonds. The van der Waals surface area contributed by atoms with Crippen LogP contribution in [0.1, 0.15) is 24.3 Å². The molecule has 3 aliphatic rings. The van der Waals surface area contributed by atoms with Crippen LogP contribution in [0.15, 0.2) is 29.2 Å². The van der Waals surface area contributed by atoms with Crippen LogP contribution in [0.4, 0.5) is 0 Å². The highest BCUT2D eigenvalue weighted by atomic mass is 32.2. The Morgan fingerprint density at radius 3 is 3.10 bits per heavy atom. The molecule has 1 aromatic carbocycles. The predicted molar refractivity (Wildman–Crippen MR) is 81.0 cm³/mol. The maximum Gasteiger partial charge on any atom is 0.231 e. The summed E-state index contributed by atoms with van der Waals surface area (Å²) in [5.41, 5.74) is 1.24. The Balaban J connectivity index is 1.51. The fourth-order valence-electron chi connectivity index (χ4n) is 3.81. The van der Waals surface area contributed by atoms with Crippen molar-refractivity contribution in [2.75, 3.05) is 25.4 Å². The summed E-state index contributed by atoms with van der Waals surface area (Å²) >= 11 is 1.83. The van der Waals surface area contributed by atoms with Crippen molar-refractivity contribution >= 4 is 17.7 Å². The Morgan fingerprint density at radius 2 is 2.20 bits per heavy atom. The van der Waals surface area contributed by atoms with Crippen LogP contribution in [-0.2, 0) is 4.79 Å². The first kappa shape index (κ1) is 12.7. The van der Waals surface area contributed by atoms with Gasteiger partial charge in [0.2, 0.25) is 5.91 Å². The second-order valence-corrected chi connectivity index (χ2v) is 7.17. The Labute approximate surface area is 124 Å². The summed E-state index contributed by atoms with van der Waals surface area (Å²) in [6.07, 6.45) is 2.53. The average molecular weight is 288 g/mol. The molecule has 0 bridgehead atoms. The monoisotopic (exact) mass is 288 g/mol. The molecule has 3 heterocycles. The van der Waals surface area contributed by atoms with Gasteiger partial charge in [0, 0.05) is 29.8 Å². The molecule has 0 aromatic heterocycles. The average Bonchev–Trinajstić information content (AvgIpc) is 3.10. The topological polar surface area (TPSA) is 32.3 Å². The molecule has 1 N–H and O–H groups in total. The summed E-state index contributed by atoms with van der Waals surface area (Å²) in [5, 5.41) is 3.58. The smallest absolute Gasteiger partial charge is 0.231 e. The number of carbonyl (C=O) groups is 1. The molecule has 3 unspecified atom stereocenters. The molecule has 3 atom stereocenters. The third-order valence-corrected chi connectivity index (χ3v) is 6.09. The number of amides is 1. The van der Waals surface area contributed by atoms with Crippen LogP contribution in [0.5, 0.6) is 0 Å². The molecule has 1 aromatic rings. The number of fused-ring (bicyclic) bond motifs is 2. The molecule has 2 saturated heterocycles. The van der Waals surface area contributed by atoms with Gasteiger partial charge in [-0.2, -0.15) is 0 Å². The van der Waals surface area contributed by atoms with Crippen molar-refractivity contribution in [3.63, 3.8) is 0 Å². The molecule has 0 aliphatic carbocycles. The van der Waals surface area contributed by atoms with Gasteiger partial charge in [-0.25, -0.2) is 0 Å². The summed E-state index contributed by atoms with van der Waals surface area (Å²) in [6, 6.07) is 8.92. The van der Waals surface area contributed by atoms with E-state index in [1.165, 1.54) is 23.3 Å². The van der Waals surface area contributed by atoms with Gasteiger partial charge in [0.1, 0.15) is 0 Å². The van der Waals surface area contributed by atoms with Crippen molar-refractivity contribution in [1.29, 1.82) is 0 Å². The van der Waals surface area contributed by atoms with Gasteiger partial charge in [-0.15, -0.1) is 11.8 Å². The first-order valence-electron chi connectivity index (χ1n) is 7.57. The SMILES string of the molecule is O=C(C1CSc2ccccc21)N1CC2CCCNC2C1. The molecular formula is C16H20N2OS. The maximum atomic E-state index is 12.8. The Hall–Kier alpha value is -1.00. The van der Waals surface area contributed by atoms with Crippen LogP contribution < -0.4 is 5.32 Å². The first-order valence-corrected chi connectivity index (χ1v) is 8.55. The standard InChI is InChI=1S/C16H20N2OS/c19-16(13-10-20-15-6-2-1-5-12(13)15)18-8-11-4-3-7-17-14(11)9-18/h1-2,5-6,11,13-14,17H,3-4,7-10H2. The van der Waals surface area contributed by atoms with E-state index in [1.54, 1.807) is 0 Å². The largest absolute Gasteiger partial charge is 0.340 e. The lowest BCUT2D eigenvalue weighted by Crippen LogP contribution is -2.41. The van der Waals surface area contributed by atoms with Crippen LogP contribution in [0.2, 0.25) is 0 Å². The minimum Gasteiger partial charge on any atom is -0.340 e. The first-order chi connectivity index (χ1) is 9.83. The van der Waals surface area contributed by atoms with Gasteiger partial charge in [0.15, 0.2) is 0 Å². The van der Waals surface area contributed by atoms with Crippen molar-refractivity contribution in [2.45, 2.75) is 29.7 Å². The normalized spacial score (nSPS) is 32.0. The third kappa shape index (κ3) is 2.06. The van der Waals surface area contributed by atoms with E-state index in [0.29, 0.717) is 17.9 Å². The number of carbonyl (C=O) groups excluding carboxylic acids is 1. The Bertz CT molecular complexity index is 519. The van der Waals surface area contributed by atoms with Crippen LogP contribution in [-0.4, -0.2) is 42.2 Å². The van der Waals surface area contributed by atoms with E-state index in [2.05, 4.69) is 34.5 Å². The van der Waals surface area contributed by atoms with Crippen molar-refractivity contribution in [3.05, 3.63) is 29.8 Å². The quantitative estimate of drug-likeness (QED) is 0.859. The lowest BCUT2D eigenvalue weighted by Gasteiger charge is -2.24. The number of likely N-dealkylation sites (tertiary alicyclic amines) is 1. The molecule has 106 valence electrons. The summed E-state index contributed by atoms with van der Waals surface area (Å²) in [7, 11) is 0. The summed E-state index contributed by atoms with van der Waals surface area (Å²) in [4.78, 5) is 16.2. The highest BCUT2D eigenvalue weighted by molar-refractivity contribution is 7.99. The van der Waals surface area contributed by atoms with E-state index in [-0.39, 0.29) is 5.92 Å². The van der Waals surface area contributed by atoms with Gasteiger partial charge in [-0.1, -0.05) is 18.2 Å². The van der Waals surface area contributed by atoms with Gasteiger partial charge in [0.25, 0.3) is 0 Å². The van der Waals surface area contributed by atoms with Gasteiger partial charge in [-0.05, 0) is 36.9 Å². The van der Waals surface area contributed by atoms with Gasteiger partial charge in [-0.3, -0.25) is 4.79 Å². The number of benzene rings is 1. The number of hydrogen-bond donors (Lipinski definition) is 1. The number of thioether (sulfide) groups is 1. The van der Waals surface area contributed by atoms with E-state index < -0.39 is 0 Å². The van der Waals surface area contributed by atoms with E-state index in [1.807, 2.05) is 11.8 Å². The molecule has 4 heteroatoms. The molecule has 0 radical (unpaired) electrons. The number of nitrogens with one attached hydrogen (secondary N) is 1. The van der Waals surface area contributed by atoms with Crippen molar-refractivity contribution in [3.8, 4) is 0 Å². The zero-order valence-corrected chi connectivity index (χ0v) is 12.4. The maximum absolute atomic E-state index is 12.8. The van der Waals surface area contributed by atoms with Crippen LogP contribution >= 0.6 is 11.8 Å². The summed E-state index contributed by atoms with van der Waals surface area (Å²) < 4.78 is 0. The number of nitrogens with zero attached hydrogens (tertiary/aromatic N) is 1. The summed E-state index contributed by atoms with van der Waals surface area (Å²) in [6.45, 7) is 2.98. The Morgan fingerprint density at radius 1 is 1.30 bits per heavy atom. The van der Waals surface area contributed by atoms with Crippen LogP contribution in [0.25, 0.3) is 0 Å². The molecule has 0 spiro atoms. The second kappa shape index (κ2) is 5.08. The van der Waals surface area contributed by atoms with Gasteiger partial charge < -0.3 is 10.2 Å². The van der Waals surface area contributed by atoms with Gasteiger partial charge in [0.05, 0.1) is 5.92 Å². The molecular weight excluding hydrogens is 268 g/mol. The van der Waals surface area contributed by atoms with E-state index in [9.17, 15) is 4.79 Å². The van der Waals surface area contributed by atoms with Crippen molar-refractivity contribution < 1.29 is 4.79 Å². The van der Waals surface area contributed by atoms with E-state index in [4.69, 9.17) is 0 Å². The van der Waals surface area contributed by atoms with Crippen LogP contribution in [0.3, 0.4) is 0 Å². The predicted octanol–water partition coefficient (Wildman–Crippen LogP) is 2.09. The zero-order valence-electron chi connectivity index (χ0n) is 11.5. The summed E-state index contributed by atoms with van der Waals surface area (Å²) in [5.74, 6) is 2.02. The minimum atomic E-state index is 0.0800. The third-order valence-electron chi connectivity index (χ3n) is 4.91. The molecule has 0 saturated carbocycles. The van der Waals surface area contributed by atoms with Crippen molar-refractivity contribution in [2.24, 2.45) is 5.92 Å². The van der Waals surface area contributed by atoms with Gasteiger partial charge >= 0.3 is 0 Å². The number of hydrogen-bond acceptors (Lipinski definition) is 3. The fraction of sp³-hybridized carbons (Fsp3) is 0.562. The molecule has 3 aliphatic heterocycles. The zero-order chi connectivity index (χ0) is 13.5. The second-order valence-electron chi connectivity index (χ2n) is 6.11. The molecule has 20 heavy (non-hydrogen) atoms. The highest BCUT2D eigenvalue weighted by Gasteiger charge is 2.40. The molecule has 2 fully saturated rings.